The molecule has 11 nitrogen and oxygen atoms in total. The van der Waals surface area contributed by atoms with Crippen LogP contribution in [0.25, 0.3) is 0 Å². The van der Waals surface area contributed by atoms with Crippen molar-refractivity contribution in [2.45, 2.75) is 83.7 Å². The molecule has 0 aliphatic carbocycles. The van der Waals surface area contributed by atoms with Crippen LogP contribution in [0.15, 0.2) is 0 Å². The molecule has 3 amide bonds. The van der Waals surface area contributed by atoms with E-state index in [2.05, 4.69) is 29.8 Å². The first kappa shape index (κ1) is 31.2. The molecular weight excluding hydrogens is 434 g/mol. The molecule has 11 heteroatoms. The number of rotatable bonds is 18. The van der Waals surface area contributed by atoms with Gasteiger partial charge in [0.05, 0.1) is 12.7 Å². The first-order valence-electron chi connectivity index (χ1n) is 11.6. The molecule has 8 N–H and O–H groups in total. The van der Waals surface area contributed by atoms with Gasteiger partial charge < -0.3 is 41.5 Å². The van der Waals surface area contributed by atoms with Gasteiger partial charge in [-0.3, -0.25) is 14.4 Å². The van der Waals surface area contributed by atoms with E-state index in [1.165, 1.54) is 0 Å². The van der Waals surface area contributed by atoms with Gasteiger partial charge in [0, 0.05) is 38.4 Å². The van der Waals surface area contributed by atoms with Crippen LogP contribution in [0.3, 0.4) is 0 Å². The van der Waals surface area contributed by atoms with Crippen LogP contribution in [0.5, 0.6) is 0 Å². The van der Waals surface area contributed by atoms with Gasteiger partial charge in [0.25, 0.3) is 0 Å². The topological polar surface area (TPSA) is 188 Å². The molecule has 33 heavy (non-hydrogen) atoms. The second-order valence-corrected chi connectivity index (χ2v) is 8.82. The molecule has 0 bridgehead atoms. The summed E-state index contributed by atoms with van der Waals surface area (Å²) in [6.45, 7) is 5.64. The first-order valence-corrected chi connectivity index (χ1v) is 11.6. The van der Waals surface area contributed by atoms with E-state index in [9.17, 15) is 34.8 Å². The van der Waals surface area contributed by atoms with Gasteiger partial charge in [0.2, 0.25) is 17.7 Å². The number of unbranched alkanes of at least 4 members (excludes halogenated alkanes) is 1. The highest BCUT2D eigenvalue weighted by Crippen LogP contribution is 2.07. The number of amides is 3. The number of aliphatic hydroxyl groups is 5. The van der Waals surface area contributed by atoms with Crippen LogP contribution in [0.4, 0.5) is 0 Å². The van der Waals surface area contributed by atoms with Crippen LogP contribution < -0.4 is 16.0 Å². The fraction of sp³-hybridized carbons (Fsp3) is 0.864. The van der Waals surface area contributed by atoms with Gasteiger partial charge in [0.1, 0.15) is 18.3 Å². The monoisotopic (exact) mass is 477 g/mol. The molecule has 5 atom stereocenters. The lowest BCUT2D eigenvalue weighted by Crippen LogP contribution is -2.49. The first-order chi connectivity index (χ1) is 15.5. The molecule has 0 spiro atoms. The van der Waals surface area contributed by atoms with E-state index in [-0.39, 0.29) is 44.2 Å². The van der Waals surface area contributed by atoms with Crippen molar-refractivity contribution in [3.8, 4) is 0 Å². The summed E-state index contributed by atoms with van der Waals surface area (Å²) in [6.07, 6.45) is -3.15. The van der Waals surface area contributed by atoms with Crippen LogP contribution in [0.2, 0.25) is 0 Å². The summed E-state index contributed by atoms with van der Waals surface area (Å²) in [5.41, 5.74) is 0. The Labute approximate surface area is 196 Å². The molecule has 0 aliphatic rings. The molecule has 0 aromatic carbocycles. The van der Waals surface area contributed by atoms with Crippen LogP contribution >= 0.6 is 0 Å². The summed E-state index contributed by atoms with van der Waals surface area (Å²) in [5.74, 6) is -0.676. The summed E-state index contributed by atoms with van der Waals surface area (Å²) in [6, 6.07) is 0. The Kier molecular flexibility index (Phi) is 16.7. The van der Waals surface area contributed by atoms with E-state index in [0.29, 0.717) is 12.5 Å². The van der Waals surface area contributed by atoms with Crippen molar-refractivity contribution in [2.75, 3.05) is 26.2 Å². The summed E-state index contributed by atoms with van der Waals surface area (Å²) >= 11 is 0. The normalized spacial score (nSPS) is 15.9. The molecular formula is C22H43N3O8. The number of hydrogen-bond donors (Lipinski definition) is 8. The highest BCUT2D eigenvalue weighted by atomic mass is 16.4. The van der Waals surface area contributed by atoms with E-state index < -0.39 is 42.8 Å². The number of nitrogens with one attached hydrogen (secondary N) is 3. The Morgan fingerprint density at radius 3 is 1.94 bits per heavy atom. The molecule has 0 fully saturated rings. The lowest BCUT2D eigenvalue weighted by Gasteiger charge is -2.25. The molecule has 0 aromatic rings. The fourth-order valence-corrected chi connectivity index (χ4v) is 2.94. The second kappa shape index (κ2) is 17.7. The zero-order chi connectivity index (χ0) is 25.4. The molecule has 0 heterocycles. The maximum Gasteiger partial charge on any atom is 0.222 e. The van der Waals surface area contributed by atoms with Crippen LogP contribution in [-0.2, 0) is 14.4 Å². The highest BCUT2D eigenvalue weighted by Gasteiger charge is 2.30. The van der Waals surface area contributed by atoms with E-state index in [1.807, 2.05) is 0 Å². The smallest absolute Gasteiger partial charge is 0.222 e. The SMILES string of the molecule is CC(C)CCCCNC(=O)CCNC(=O)[C@@H](C)CCC(=O)NC[C@H](O)[C@@H](O)[C@H](O)[C@H](O)CO. The van der Waals surface area contributed by atoms with Gasteiger partial charge in [-0.1, -0.05) is 33.6 Å². The van der Waals surface area contributed by atoms with Crippen molar-refractivity contribution in [1.82, 2.24) is 16.0 Å². The van der Waals surface area contributed by atoms with E-state index >= 15 is 0 Å². The number of hydrogen-bond acceptors (Lipinski definition) is 8. The zero-order valence-electron chi connectivity index (χ0n) is 20.0. The van der Waals surface area contributed by atoms with Crippen molar-refractivity contribution in [3.63, 3.8) is 0 Å². The Bertz CT molecular complexity index is 576. The average Bonchev–Trinajstić information content (AvgIpc) is 2.78. The minimum atomic E-state index is -1.77. The largest absolute Gasteiger partial charge is 0.394 e. The van der Waals surface area contributed by atoms with E-state index in [0.717, 1.165) is 19.3 Å². The lowest BCUT2D eigenvalue weighted by molar-refractivity contribution is -0.127. The van der Waals surface area contributed by atoms with E-state index in [4.69, 9.17) is 5.11 Å². The van der Waals surface area contributed by atoms with Gasteiger partial charge in [-0.05, 0) is 18.8 Å². The predicted octanol–water partition coefficient (Wildman–Crippen LogP) is -1.60. The maximum absolute atomic E-state index is 12.1. The summed E-state index contributed by atoms with van der Waals surface area (Å²) < 4.78 is 0. The Morgan fingerprint density at radius 2 is 1.33 bits per heavy atom. The lowest BCUT2D eigenvalue weighted by atomic mass is 10.0. The molecule has 0 unspecified atom stereocenters. The van der Waals surface area contributed by atoms with Crippen LogP contribution in [0.1, 0.15) is 59.3 Å². The molecule has 0 aromatic heterocycles. The van der Waals surface area contributed by atoms with Gasteiger partial charge in [0.15, 0.2) is 0 Å². The number of carbonyl (C=O) groups is 3. The maximum atomic E-state index is 12.1. The number of aliphatic hydroxyl groups excluding tert-OH is 5. The Balaban J connectivity index is 4.00. The van der Waals surface area contributed by atoms with E-state index in [1.54, 1.807) is 6.92 Å². The highest BCUT2D eigenvalue weighted by molar-refractivity contribution is 5.81. The third-order valence-corrected chi connectivity index (χ3v) is 5.27. The second-order valence-electron chi connectivity index (χ2n) is 8.82. The average molecular weight is 478 g/mol. The quantitative estimate of drug-likeness (QED) is 0.108. The Morgan fingerprint density at radius 1 is 0.727 bits per heavy atom. The van der Waals surface area contributed by atoms with Gasteiger partial charge in [-0.25, -0.2) is 0 Å². The van der Waals surface area contributed by atoms with Crippen LogP contribution in [-0.4, -0.2) is 93.9 Å². The molecule has 0 radical (unpaired) electrons. The fourth-order valence-electron chi connectivity index (χ4n) is 2.94. The summed E-state index contributed by atoms with van der Waals surface area (Å²) in [7, 11) is 0. The summed E-state index contributed by atoms with van der Waals surface area (Å²) in [5, 5.41) is 54.9. The van der Waals surface area contributed by atoms with Crippen LogP contribution in [0, 0.1) is 11.8 Å². The van der Waals surface area contributed by atoms with Gasteiger partial charge in [-0.2, -0.15) is 0 Å². The van der Waals surface area contributed by atoms with Gasteiger partial charge >= 0.3 is 0 Å². The molecule has 0 aliphatic heterocycles. The molecule has 0 saturated carbocycles. The number of carbonyl (C=O) groups excluding carboxylic acids is 3. The predicted molar refractivity (Wildman–Crippen MR) is 122 cm³/mol. The summed E-state index contributed by atoms with van der Waals surface area (Å²) in [4.78, 5) is 35.8. The minimum absolute atomic E-state index is 0.00389. The van der Waals surface area contributed by atoms with Crippen molar-refractivity contribution < 1.29 is 39.9 Å². The van der Waals surface area contributed by atoms with Crippen molar-refractivity contribution in [1.29, 1.82) is 0 Å². The zero-order valence-corrected chi connectivity index (χ0v) is 20.0. The molecule has 194 valence electrons. The van der Waals surface area contributed by atoms with Gasteiger partial charge in [-0.15, -0.1) is 0 Å². The third-order valence-electron chi connectivity index (χ3n) is 5.27. The van der Waals surface area contributed by atoms with Crippen molar-refractivity contribution >= 4 is 17.7 Å². The third kappa shape index (κ3) is 14.9. The standard InChI is InChI=1S/C22H43N3O8/c1-14(2)6-4-5-10-23-19(30)9-11-24-22(33)15(3)7-8-18(29)25-12-16(27)20(31)21(32)17(28)13-26/h14-17,20-21,26-28,31-32H,4-13H2,1-3H3,(H,23,30)(H,24,33)(H,25,29)/t15-,16-,17+,20+,21+/m0/s1. The molecule has 0 saturated heterocycles. The minimum Gasteiger partial charge on any atom is -0.394 e. The van der Waals surface area contributed by atoms with Crippen molar-refractivity contribution in [3.05, 3.63) is 0 Å². The molecule has 0 rings (SSSR count). The van der Waals surface area contributed by atoms with Crippen molar-refractivity contribution in [2.24, 2.45) is 11.8 Å². The Hall–Kier alpha value is -1.79.